The number of aromatic nitrogens is 3. The van der Waals surface area contributed by atoms with Crippen molar-refractivity contribution in [3.8, 4) is 0 Å². The van der Waals surface area contributed by atoms with Crippen LogP contribution in [0.1, 0.15) is 54.1 Å². The van der Waals surface area contributed by atoms with Crippen LogP contribution >= 0.6 is 0 Å². The van der Waals surface area contributed by atoms with Crippen LogP contribution in [0.4, 0.5) is 36.4 Å². The molecule has 0 spiro atoms. The summed E-state index contributed by atoms with van der Waals surface area (Å²) in [7, 11) is -1.85. The number of pyridine rings is 1. The van der Waals surface area contributed by atoms with Crippen molar-refractivity contribution < 1.29 is 26.4 Å². The number of rotatable bonds is 10. The van der Waals surface area contributed by atoms with Gasteiger partial charge >= 0.3 is 6.18 Å². The zero-order chi connectivity index (χ0) is 28.9. The van der Waals surface area contributed by atoms with Gasteiger partial charge in [0.1, 0.15) is 17.2 Å². The first-order valence-corrected chi connectivity index (χ1v) is 14.4. The largest absolute Gasteiger partial charge is 0.421 e. The average molecular weight is 578 g/mol. The molecule has 1 aromatic carbocycles. The second-order valence-corrected chi connectivity index (χ2v) is 11.4. The SMILES string of the molecule is CCS(=O)(=O)Nc1ncccc1CNc1nc(Nc2ccc(C(=O)N(C)C3CCCC3)cc2)ncc1C(F)(F)F. The number of carbonyl (C=O) groups excluding carboxylic acids is 1. The van der Waals surface area contributed by atoms with Gasteiger partial charge in [0.25, 0.3) is 5.91 Å². The quantitative estimate of drug-likeness (QED) is 0.306. The number of alkyl halides is 3. The number of sulfonamides is 1. The lowest BCUT2D eigenvalue weighted by atomic mass is 10.1. The third-order valence-corrected chi connectivity index (χ3v) is 7.91. The number of anilines is 4. The molecule has 1 aliphatic rings. The van der Waals surface area contributed by atoms with E-state index in [2.05, 4.69) is 30.3 Å². The summed E-state index contributed by atoms with van der Waals surface area (Å²) in [5.74, 6) is -0.876. The number of nitrogens with one attached hydrogen (secondary N) is 3. The summed E-state index contributed by atoms with van der Waals surface area (Å²) < 4.78 is 67.4. The predicted molar refractivity (Wildman–Crippen MR) is 146 cm³/mol. The van der Waals surface area contributed by atoms with Crippen LogP contribution in [0.5, 0.6) is 0 Å². The average Bonchev–Trinajstić information content (AvgIpc) is 3.47. The van der Waals surface area contributed by atoms with Crippen molar-refractivity contribution in [3.05, 3.63) is 65.5 Å². The van der Waals surface area contributed by atoms with Crippen LogP contribution in [0.25, 0.3) is 0 Å². The molecule has 40 heavy (non-hydrogen) atoms. The van der Waals surface area contributed by atoms with Crippen molar-refractivity contribution in [1.29, 1.82) is 0 Å². The maximum absolute atomic E-state index is 13.7. The van der Waals surface area contributed by atoms with Gasteiger partial charge in [-0.25, -0.2) is 18.4 Å². The number of nitrogens with zero attached hydrogens (tertiary/aromatic N) is 4. The minimum atomic E-state index is -4.74. The van der Waals surface area contributed by atoms with Gasteiger partial charge in [0.05, 0.1) is 5.75 Å². The van der Waals surface area contributed by atoms with Crippen molar-refractivity contribution in [2.24, 2.45) is 0 Å². The molecule has 1 aliphatic carbocycles. The summed E-state index contributed by atoms with van der Waals surface area (Å²) in [6.07, 6.45) is 1.48. The Labute approximate surface area is 230 Å². The summed E-state index contributed by atoms with van der Waals surface area (Å²) in [5, 5.41) is 5.50. The second kappa shape index (κ2) is 12.1. The van der Waals surface area contributed by atoms with Gasteiger partial charge in [0.2, 0.25) is 16.0 Å². The molecule has 3 aromatic rings. The van der Waals surface area contributed by atoms with Crippen molar-refractivity contribution in [1.82, 2.24) is 19.9 Å². The van der Waals surface area contributed by atoms with Crippen LogP contribution in [-0.4, -0.2) is 53.0 Å². The molecule has 214 valence electrons. The molecule has 4 rings (SSSR count). The van der Waals surface area contributed by atoms with Crippen molar-refractivity contribution in [3.63, 3.8) is 0 Å². The molecular weight excluding hydrogens is 547 g/mol. The molecule has 0 atom stereocenters. The highest BCUT2D eigenvalue weighted by molar-refractivity contribution is 7.92. The normalized spacial score (nSPS) is 14.1. The van der Waals surface area contributed by atoms with Crippen LogP contribution in [0, 0.1) is 0 Å². The highest BCUT2D eigenvalue weighted by atomic mass is 32.2. The maximum Gasteiger partial charge on any atom is 0.421 e. The van der Waals surface area contributed by atoms with Crippen LogP contribution < -0.4 is 15.4 Å². The molecule has 0 aliphatic heterocycles. The smallest absolute Gasteiger partial charge is 0.365 e. The summed E-state index contributed by atoms with van der Waals surface area (Å²) in [4.78, 5) is 26.4. The Morgan fingerprint density at radius 1 is 1.07 bits per heavy atom. The number of amides is 1. The first kappa shape index (κ1) is 29.1. The van der Waals surface area contributed by atoms with E-state index in [0.717, 1.165) is 25.7 Å². The van der Waals surface area contributed by atoms with E-state index in [9.17, 15) is 26.4 Å². The van der Waals surface area contributed by atoms with Crippen molar-refractivity contribution >= 4 is 39.2 Å². The lowest BCUT2D eigenvalue weighted by Gasteiger charge is -2.24. The van der Waals surface area contributed by atoms with E-state index in [0.29, 0.717) is 23.0 Å². The molecule has 3 N–H and O–H groups in total. The molecule has 2 aromatic heterocycles. The van der Waals surface area contributed by atoms with E-state index in [1.54, 1.807) is 36.2 Å². The van der Waals surface area contributed by atoms with Crippen LogP contribution in [0.15, 0.2) is 48.8 Å². The molecule has 0 radical (unpaired) electrons. The molecule has 0 unspecified atom stereocenters. The fourth-order valence-corrected chi connectivity index (χ4v) is 4.96. The Morgan fingerprint density at radius 3 is 2.42 bits per heavy atom. The zero-order valence-electron chi connectivity index (χ0n) is 22.0. The topological polar surface area (TPSA) is 129 Å². The first-order chi connectivity index (χ1) is 19.0. The number of hydrogen-bond donors (Lipinski definition) is 3. The van der Waals surface area contributed by atoms with Crippen LogP contribution in [-0.2, 0) is 22.7 Å². The fraction of sp³-hybridized carbons (Fsp3) is 0.385. The van der Waals surface area contributed by atoms with Crippen molar-refractivity contribution in [2.75, 3.05) is 28.2 Å². The lowest BCUT2D eigenvalue weighted by Crippen LogP contribution is -2.35. The summed E-state index contributed by atoms with van der Waals surface area (Å²) in [6.45, 7) is 1.26. The minimum absolute atomic E-state index is 0.00558. The number of halogens is 3. The number of carbonyl (C=O) groups is 1. The highest BCUT2D eigenvalue weighted by Gasteiger charge is 2.35. The van der Waals surface area contributed by atoms with Gasteiger partial charge < -0.3 is 15.5 Å². The molecule has 1 amide bonds. The molecule has 1 saturated carbocycles. The van der Waals surface area contributed by atoms with E-state index < -0.39 is 27.6 Å². The highest BCUT2D eigenvalue weighted by Crippen LogP contribution is 2.34. The summed E-state index contributed by atoms with van der Waals surface area (Å²) >= 11 is 0. The Balaban J connectivity index is 1.51. The molecule has 1 fully saturated rings. The van der Waals surface area contributed by atoms with Gasteiger partial charge in [0.15, 0.2) is 0 Å². The summed E-state index contributed by atoms with van der Waals surface area (Å²) in [6, 6.07) is 9.84. The molecule has 0 bridgehead atoms. The lowest BCUT2D eigenvalue weighted by molar-refractivity contribution is -0.137. The third kappa shape index (κ3) is 7.17. The Morgan fingerprint density at radius 2 is 1.77 bits per heavy atom. The van der Waals surface area contributed by atoms with Gasteiger partial charge in [-0.3, -0.25) is 9.52 Å². The summed E-state index contributed by atoms with van der Waals surface area (Å²) in [5.41, 5.74) is 0.216. The Kier molecular flexibility index (Phi) is 8.76. The number of hydrogen-bond acceptors (Lipinski definition) is 8. The third-order valence-electron chi connectivity index (χ3n) is 6.64. The van der Waals surface area contributed by atoms with Crippen LogP contribution in [0.3, 0.4) is 0 Å². The predicted octanol–water partition coefficient (Wildman–Crippen LogP) is 5.02. The molecule has 14 heteroatoms. The molecule has 0 saturated heterocycles. The molecule has 10 nitrogen and oxygen atoms in total. The van der Waals surface area contributed by atoms with E-state index in [4.69, 9.17) is 0 Å². The Hall–Kier alpha value is -3.94. The Bertz CT molecular complexity index is 1440. The van der Waals surface area contributed by atoms with Gasteiger partial charge in [-0.1, -0.05) is 18.9 Å². The van der Waals surface area contributed by atoms with E-state index in [1.807, 2.05) is 0 Å². The van der Waals surface area contributed by atoms with Crippen molar-refractivity contribution in [2.45, 2.75) is 51.4 Å². The number of benzene rings is 1. The van der Waals surface area contributed by atoms with Crippen LogP contribution in [0.2, 0.25) is 0 Å². The fourth-order valence-electron chi connectivity index (χ4n) is 4.34. The standard InChI is InChI=1S/C26H30F3N7O3S/c1-3-40(38,39)35-22-18(7-6-14-30-22)15-31-23-21(26(27,28)29)16-32-25(34-23)33-19-12-10-17(11-13-19)24(37)36(2)20-8-4-5-9-20/h6-7,10-14,16,20H,3-5,8-9,15H2,1-2H3,(H,30,35)(H2,31,32,33,34). The van der Waals surface area contributed by atoms with E-state index in [-0.39, 0.29) is 36.0 Å². The van der Waals surface area contributed by atoms with Gasteiger partial charge in [-0.2, -0.15) is 18.2 Å². The monoisotopic (exact) mass is 577 g/mol. The molecular formula is C26H30F3N7O3S. The maximum atomic E-state index is 13.7. The van der Waals surface area contributed by atoms with E-state index in [1.165, 1.54) is 25.3 Å². The van der Waals surface area contributed by atoms with E-state index >= 15 is 0 Å². The zero-order valence-corrected chi connectivity index (χ0v) is 22.8. The van der Waals surface area contributed by atoms with Gasteiger partial charge in [0, 0.05) is 48.8 Å². The minimum Gasteiger partial charge on any atom is -0.365 e. The molecule has 2 heterocycles. The van der Waals surface area contributed by atoms with Gasteiger partial charge in [-0.05, 0) is 50.1 Å². The van der Waals surface area contributed by atoms with Gasteiger partial charge in [-0.15, -0.1) is 0 Å². The first-order valence-electron chi connectivity index (χ1n) is 12.7. The second-order valence-electron chi connectivity index (χ2n) is 9.38.